The molecule has 1 saturated heterocycles. The van der Waals surface area contributed by atoms with Gasteiger partial charge in [0.1, 0.15) is 5.82 Å². The Hall–Kier alpha value is -2.35. The van der Waals surface area contributed by atoms with Crippen LogP contribution in [0.4, 0.5) is 10.9 Å². The Morgan fingerprint density at radius 3 is 2.71 bits per heavy atom. The van der Waals surface area contributed by atoms with Gasteiger partial charge in [0.15, 0.2) is 11.1 Å². The molecule has 152 valence electrons. The minimum absolute atomic E-state index is 0.423. The lowest BCUT2D eigenvalue weighted by Gasteiger charge is -2.33. The molecule has 7 nitrogen and oxygen atoms in total. The molecule has 8 heteroatoms. The first-order chi connectivity index (χ1) is 13.5. The second-order valence-corrected chi connectivity index (χ2v) is 8.15. The summed E-state index contributed by atoms with van der Waals surface area (Å²) in [6, 6.07) is 4.67. The van der Waals surface area contributed by atoms with Crippen LogP contribution in [0.3, 0.4) is 0 Å². The fraction of sp³-hybridized carbons (Fsp3) is 0.550. The molecule has 0 spiro atoms. The van der Waals surface area contributed by atoms with Crippen LogP contribution in [-0.4, -0.2) is 55.7 Å². The number of piperidine rings is 1. The van der Waals surface area contributed by atoms with E-state index in [1.807, 2.05) is 25.2 Å². The first-order valence-corrected chi connectivity index (χ1v) is 10.8. The third-order valence-electron chi connectivity index (χ3n) is 4.72. The molecule has 2 aromatic rings. The van der Waals surface area contributed by atoms with Crippen LogP contribution in [0, 0.1) is 6.92 Å². The molecule has 3 rings (SSSR count). The highest BCUT2D eigenvalue weighted by Crippen LogP contribution is 2.19. The normalized spacial score (nSPS) is 15.6. The van der Waals surface area contributed by atoms with Crippen molar-refractivity contribution in [1.82, 2.24) is 20.6 Å². The lowest BCUT2D eigenvalue weighted by Crippen LogP contribution is -2.48. The standard InChI is InChI=1S/C20H31N7S/c1-5-21-19(23-13-17-14-28-20(25-17)26(3)4)24-16-8-10-27(11-9-16)18-7-6-15(2)12-22-18/h6-7,12,14,16H,5,8-11,13H2,1-4H3,(H2,21,23,24). The second kappa shape index (κ2) is 9.73. The molecule has 2 aromatic heterocycles. The SMILES string of the molecule is CCNC(=NCc1csc(N(C)C)n1)NC1CCN(c2ccc(C)cn2)CC1. The van der Waals surface area contributed by atoms with E-state index in [4.69, 9.17) is 4.99 Å². The van der Waals surface area contributed by atoms with Crippen molar-refractivity contribution in [2.45, 2.75) is 39.3 Å². The number of hydrogen-bond acceptors (Lipinski definition) is 6. The number of guanidine groups is 1. The Morgan fingerprint density at radius 2 is 2.11 bits per heavy atom. The van der Waals surface area contributed by atoms with Crippen LogP contribution in [0.15, 0.2) is 28.7 Å². The number of rotatable bonds is 6. The molecule has 1 fully saturated rings. The van der Waals surface area contributed by atoms with E-state index < -0.39 is 0 Å². The van der Waals surface area contributed by atoms with Crippen LogP contribution in [-0.2, 0) is 6.54 Å². The second-order valence-electron chi connectivity index (χ2n) is 7.31. The summed E-state index contributed by atoms with van der Waals surface area (Å²) >= 11 is 1.65. The molecular formula is C20H31N7S. The van der Waals surface area contributed by atoms with Gasteiger partial charge in [-0.3, -0.25) is 0 Å². The fourth-order valence-electron chi connectivity index (χ4n) is 3.15. The predicted octanol–water partition coefficient (Wildman–Crippen LogP) is 2.64. The summed E-state index contributed by atoms with van der Waals surface area (Å²) in [7, 11) is 4.02. The van der Waals surface area contributed by atoms with E-state index >= 15 is 0 Å². The van der Waals surface area contributed by atoms with Gasteiger partial charge in [0.2, 0.25) is 0 Å². The lowest BCUT2D eigenvalue weighted by molar-refractivity contribution is 0.459. The van der Waals surface area contributed by atoms with Gasteiger partial charge in [-0.15, -0.1) is 11.3 Å². The van der Waals surface area contributed by atoms with Crippen LogP contribution in [0.1, 0.15) is 31.0 Å². The molecular weight excluding hydrogens is 370 g/mol. The van der Waals surface area contributed by atoms with E-state index in [1.54, 1.807) is 11.3 Å². The Balaban J connectivity index is 1.53. The summed E-state index contributed by atoms with van der Waals surface area (Å²) in [6.45, 7) is 7.61. The van der Waals surface area contributed by atoms with E-state index in [2.05, 4.69) is 56.9 Å². The Bertz CT molecular complexity index is 761. The largest absolute Gasteiger partial charge is 0.357 e. The number of aliphatic imine (C=N–C) groups is 1. The molecule has 1 aliphatic rings. The van der Waals surface area contributed by atoms with Gasteiger partial charge in [-0.05, 0) is 38.3 Å². The van der Waals surface area contributed by atoms with Crippen molar-refractivity contribution >= 4 is 28.2 Å². The predicted molar refractivity (Wildman–Crippen MR) is 119 cm³/mol. The maximum absolute atomic E-state index is 4.73. The zero-order chi connectivity index (χ0) is 19.9. The van der Waals surface area contributed by atoms with Crippen molar-refractivity contribution < 1.29 is 0 Å². The number of nitrogens with zero attached hydrogens (tertiary/aromatic N) is 5. The fourth-order valence-corrected chi connectivity index (χ4v) is 3.90. The summed E-state index contributed by atoms with van der Waals surface area (Å²) in [5.41, 5.74) is 2.20. The molecule has 0 aromatic carbocycles. The molecule has 0 aliphatic carbocycles. The minimum atomic E-state index is 0.423. The lowest BCUT2D eigenvalue weighted by atomic mass is 10.1. The van der Waals surface area contributed by atoms with Gasteiger partial charge in [0, 0.05) is 51.3 Å². The van der Waals surface area contributed by atoms with Gasteiger partial charge in [0.05, 0.1) is 12.2 Å². The number of aromatic nitrogens is 2. The van der Waals surface area contributed by atoms with Gasteiger partial charge in [-0.25, -0.2) is 15.0 Å². The van der Waals surface area contributed by atoms with Crippen molar-refractivity contribution in [3.05, 3.63) is 35.0 Å². The van der Waals surface area contributed by atoms with Crippen LogP contribution in [0.5, 0.6) is 0 Å². The van der Waals surface area contributed by atoms with Crippen molar-refractivity contribution in [3.8, 4) is 0 Å². The number of anilines is 2. The van der Waals surface area contributed by atoms with Crippen LogP contribution >= 0.6 is 11.3 Å². The van der Waals surface area contributed by atoms with Crippen LogP contribution in [0.25, 0.3) is 0 Å². The van der Waals surface area contributed by atoms with Crippen molar-refractivity contribution in [3.63, 3.8) is 0 Å². The third-order valence-corrected chi connectivity index (χ3v) is 5.78. The first kappa shape index (κ1) is 20.4. The monoisotopic (exact) mass is 401 g/mol. The van der Waals surface area contributed by atoms with Crippen LogP contribution in [0.2, 0.25) is 0 Å². The average Bonchev–Trinajstić information content (AvgIpc) is 3.17. The van der Waals surface area contributed by atoms with E-state index in [-0.39, 0.29) is 0 Å². The molecule has 2 N–H and O–H groups in total. The highest BCUT2D eigenvalue weighted by Gasteiger charge is 2.20. The molecule has 0 saturated carbocycles. The van der Waals surface area contributed by atoms with Gasteiger partial charge in [0.25, 0.3) is 0 Å². The topological polar surface area (TPSA) is 68.7 Å². The summed E-state index contributed by atoms with van der Waals surface area (Å²) in [6.07, 6.45) is 4.08. The molecule has 0 atom stereocenters. The Morgan fingerprint density at radius 1 is 1.32 bits per heavy atom. The highest BCUT2D eigenvalue weighted by molar-refractivity contribution is 7.13. The van der Waals surface area contributed by atoms with E-state index in [9.17, 15) is 0 Å². The zero-order valence-corrected chi connectivity index (χ0v) is 18.1. The first-order valence-electron chi connectivity index (χ1n) is 9.89. The summed E-state index contributed by atoms with van der Waals surface area (Å²) in [4.78, 5) is 18.3. The summed E-state index contributed by atoms with van der Waals surface area (Å²) < 4.78 is 0. The zero-order valence-electron chi connectivity index (χ0n) is 17.3. The van der Waals surface area contributed by atoms with Crippen LogP contribution < -0.4 is 20.4 Å². The molecule has 3 heterocycles. The van der Waals surface area contributed by atoms with E-state index in [0.29, 0.717) is 12.6 Å². The highest BCUT2D eigenvalue weighted by atomic mass is 32.1. The van der Waals surface area contributed by atoms with Crippen molar-refractivity contribution in [1.29, 1.82) is 0 Å². The van der Waals surface area contributed by atoms with E-state index in [0.717, 1.165) is 55.1 Å². The maximum atomic E-state index is 4.73. The number of aryl methyl sites for hydroxylation is 1. The summed E-state index contributed by atoms with van der Waals surface area (Å²) in [5.74, 6) is 1.94. The number of nitrogens with one attached hydrogen (secondary N) is 2. The molecule has 1 aliphatic heterocycles. The molecule has 0 radical (unpaired) electrons. The Labute approximate surface area is 171 Å². The van der Waals surface area contributed by atoms with Gasteiger partial charge < -0.3 is 20.4 Å². The van der Waals surface area contributed by atoms with Crippen molar-refractivity contribution in [2.75, 3.05) is 43.5 Å². The number of pyridine rings is 1. The average molecular weight is 402 g/mol. The summed E-state index contributed by atoms with van der Waals surface area (Å²) in [5, 5.41) is 10.0. The molecule has 0 unspecified atom stereocenters. The minimum Gasteiger partial charge on any atom is -0.357 e. The maximum Gasteiger partial charge on any atom is 0.191 e. The quantitative estimate of drug-likeness (QED) is 0.573. The molecule has 28 heavy (non-hydrogen) atoms. The van der Waals surface area contributed by atoms with Crippen molar-refractivity contribution in [2.24, 2.45) is 4.99 Å². The Kier molecular flexibility index (Phi) is 7.08. The third kappa shape index (κ3) is 5.58. The van der Waals surface area contributed by atoms with Gasteiger partial charge >= 0.3 is 0 Å². The van der Waals surface area contributed by atoms with Gasteiger partial charge in [-0.2, -0.15) is 0 Å². The smallest absolute Gasteiger partial charge is 0.191 e. The van der Waals surface area contributed by atoms with E-state index in [1.165, 1.54) is 5.56 Å². The number of hydrogen-bond donors (Lipinski definition) is 2. The molecule has 0 bridgehead atoms. The van der Waals surface area contributed by atoms with Gasteiger partial charge in [-0.1, -0.05) is 6.07 Å². The number of thiazole rings is 1. The molecule has 0 amide bonds.